The van der Waals surface area contributed by atoms with Gasteiger partial charge in [0.25, 0.3) is 5.56 Å². The summed E-state index contributed by atoms with van der Waals surface area (Å²) in [6, 6.07) is 11.0. The van der Waals surface area contributed by atoms with Gasteiger partial charge < -0.3 is 16.0 Å². The molecule has 0 spiro atoms. The van der Waals surface area contributed by atoms with Gasteiger partial charge in [0.15, 0.2) is 10.8 Å². The van der Waals surface area contributed by atoms with Gasteiger partial charge in [-0.25, -0.2) is 14.5 Å². The summed E-state index contributed by atoms with van der Waals surface area (Å²) < 4.78 is 3.27. The van der Waals surface area contributed by atoms with Crippen LogP contribution in [-0.2, 0) is 0 Å². The van der Waals surface area contributed by atoms with Gasteiger partial charge in [0.1, 0.15) is 23.3 Å². The molecule has 0 saturated carbocycles. The highest BCUT2D eigenvalue weighted by Gasteiger charge is 2.22. The molecular weight excluding hydrogens is 464 g/mol. The Balaban J connectivity index is 1.50. The second kappa shape index (κ2) is 8.02. The lowest BCUT2D eigenvalue weighted by molar-refractivity contribution is 0.673. The van der Waals surface area contributed by atoms with Crippen LogP contribution in [0.4, 0.5) is 10.9 Å². The molecule has 4 N–H and O–H groups in total. The zero-order valence-corrected chi connectivity index (χ0v) is 19.6. The minimum Gasteiger partial charge on any atom is -0.374 e. The Morgan fingerprint density at radius 1 is 1.14 bits per heavy atom. The van der Waals surface area contributed by atoms with Crippen molar-refractivity contribution in [2.24, 2.45) is 0 Å². The van der Waals surface area contributed by atoms with Crippen LogP contribution >= 0.6 is 11.3 Å². The van der Waals surface area contributed by atoms with Gasteiger partial charge in [-0.3, -0.25) is 9.36 Å². The second-order valence-corrected chi connectivity index (χ2v) is 9.10. The van der Waals surface area contributed by atoms with Crippen molar-refractivity contribution in [2.45, 2.75) is 19.9 Å². The topological polar surface area (TPSA) is 145 Å². The molecule has 0 amide bonds. The number of aryl methyl sites for hydroxylation is 1. The molecule has 0 aliphatic heterocycles. The maximum absolute atomic E-state index is 13.6. The van der Waals surface area contributed by atoms with E-state index in [1.165, 1.54) is 17.7 Å². The minimum atomic E-state index is -0.393. The number of nitrogen functional groups attached to an aromatic ring is 1. The molecule has 6 aromatic rings. The number of benzene rings is 1. The number of nitrogens with one attached hydrogen (secondary N) is 2. The number of anilines is 2. The summed E-state index contributed by atoms with van der Waals surface area (Å²) in [7, 11) is 0. The number of nitrogens with two attached hydrogens (primary N) is 1. The molecule has 1 aromatic carbocycles. The Labute approximate surface area is 202 Å². The van der Waals surface area contributed by atoms with Crippen LogP contribution < -0.4 is 16.6 Å². The van der Waals surface area contributed by atoms with E-state index in [-0.39, 0.29) is 5.56 Å². The summed E-state index contributed by atoms with van der Waals surface area (Å²) in [4.78, 5) is 25.6. The Morgan fingerprint density at radius 3 is 2.74 bits per heavy atom. The number of fused-ring (bicyclic) bond motifs is 2. The molecule has 35 heavy (non-hydrogen) atoms. The van der Waals surface area contributed by atoms with Gasteiger partial charge in [0, 0.05) is 18.0 Å². The van der Waals surface area contributed by atoms with E-state index in [0.29, 0.717) is 32.9 Å². The van der Waals surface area contributed by atoms with E-state index in [9.17, 15) is 4.79 Å². The largest absolute Gasteiger partial charge is 0.374 e. The van der Waals surface area contributed by atoms with E-state index >= 15 is 0 Å². The lowest BCUT2D eigenvalue weighted by atomic mass is 10.2. The predicted octanol–water partition coefficient (Wildman–Crippen LogP) is 3.34. The standard InChI is InChI=1S/C23H20N10OS/c1-12-8-9-32-17(12)22(34)33(14-6-4-3-5-7-14)20(31-32)13(2)28-19-16-15(21-29-30-23(24)35-21)10-25-18(16)26-11-27-19/h3-11,13H,1-2H3,(H2,24,30)(H2,25,26,27,28)/t13-/m0/s1. The lowest BCUT2D eigenvalue weighted by Gasteiger charge is -2.20. The number of hydrogen-bond donors (Lipinski definition) is 3. The highest BCUT2D eigenvalue weighted by atomic mass is 32.1. The Hall–Kier alpha value is -4.58. The number of H-pyrrole nitrogens is 1. The van der Waals surface area contributed by atoms with E-state index in [4.69, 9.17) is 10.8 Å². The molecule has 0 fully saturated rings. The molecule has 0 unspecified atom stereocenters. The molecule has 12 heteroatoms. The molecule has 0 saturated heterocycles. The number of nitrogens with zero attached hydrogens (tertiary/aromatic N) is 7. The third kappa shape index (κ3) is 3.42. The van der Waals surface area contributed by atoms with Gasteiger partial charge >= 0.3 is 0 Å². The first-order valence-corrected chi connectivity index (χ1v) is 11.7. The number of aromatic nitrogens is 8. The van der Waals surface area contributed by atoms with Crippen LogP contribution in [0.2, 0.25) is 0 Å². The van der Waals surface area contributed by atoms with Crippen LogP contribution in [0.3, 0.4) is 0 Å². The summed E-state index contributed by atoms with van der Waals surface area (Å²) in [5, 5.41) is 18.1. The molecule has 0 aliphatic carbocycles. The highest BCUT2D eigenvalue weighted by Crippen LogP contribution is 2.35. The molecular formula is C23H20N10OS. The van der Waals surface area contributed by atoms with Crippen molar-refractivity contribution in [3.05, 3.63) is 76.9 Å². The molecule has 0 bridgehead atoms. The first-order chi connectivity index (χ1) is 17.0. The molecule has 5 aromatic heterocycles. The van der Waals surface area contributed by atoms with Gasteiger partial charge in [-0.05, 0) is 37.6 Å². The van der Waals surface area contributed by atoms with Crippen LogP contribution in [-0.4, -0.2) is 39.3 Å². The second-order valence-electron chi connectivity index (χ2n) is 8.09. The molecule has 5 heterocycles. The van der Waals surface area contributed by atoms with Crippen LogP contribution in [0, 0.1) is 6.92 Å². The van der Waals surface area contributed by atoms with Crippen molar-refractivity contribution in [3.8, 4) is 16.3 Å². The van der Waals surface area contributed by atoms with E-state index in [1.54, 1.807) is 15.3 Å². The zero-order valence-electron chi connectivity index (χ0n) is 18.8. The Kier molecular flexibility index (Phi) is 4.81. The van der Waals surface area contributed by atoms with Crippen LogP contribution in [0.5, 0.6) is 0 Å². The zero-order chi connectivity index (χ0) is 24.1. The summed E-state index contributed by atoms with van der Waals surface area (Å²) in [6.07, 6.45) is 5.08. The van der Waals surface area contributed by atoms with Crippen molar-refractivity contribution in [2.75, 3.05) is 11.1 Å². The first kappa shape index (κ1) is 21.0. The van der Waals surface area contributed by atoms with Crippen LogP contribution in [0.15, 0.2) is 59.9 Å². The van der Waals surface area contributed by atoms with E-state index < -0.39 is 6.04 Å². The average molecular weight is 485 g/mol. The number of aromatic amines is 1. The molecule has 0 radical (unpaired) electrons. The monoisotopic (exact) mass is 484 g/mol. The predicted molar refractivity (Wildman–Crippen MR) is 135 cm³/mol. The maximum atomic E-state index is 13.6. The molecule has 0 aliphatic rings. The Morgan fingerprint density at radius 2 is 1.97 bits per heavy atom. The van der Waals surface area contributed by atoms with Gasteiger partial charge in [0.2, 0.25) is 5.13 Å². The summed E-state index contributed by atoms with van der Waals surface area (Å²) in [5.74, 6) is 1.11. The van der Waals surface area contributed by atoms with Crippen molar-refractivity contribution in [3.63, 3.8) is 0 Å². The fraction of sp³-hybridized carbons (Fsp3) is 0.130. The minimum absolute atomic E-state index is 0.142. The fourth-order valence-electron chi connectivity index (χ4n) is 4.19. The highest BCUT2D eigenvalue weighted by molar-refractivity contribution is 7.18. The van der Waals surface area contributed by atoms with E-state index in [2.05, 4.69) is 30.5 Å². The summed E-state index contributed by atoms with van der Waals surface area (Å²) >= 11 is 1.28. The van der Waals surface area contributed by atoms with Crippen molar-refractivity contribution in [1.82, 2.24) is 39.3 Å². The van der Waals surface area contributed by atoms with Gasteiger partial charge in [-0.2, -0.15) is 5.10 Å². The first-order valence-electron chi connectivity index (χ1n) is 10.9. The molecule has 1 atom stereocenters. The molecule has 6 rings (SSSR count). The number of para-hydroxylation sites is 1. The third-order valence-corrected chi connectivity index (χ3v) is 6.59. The average Bonchev–Trinajstić information content (AvgIpc) is 3.58. The summed E-state index contributed by atoms with van der Waals surface area (Å²) in [6.45, 7) is 3.84. The van der Waals surface area contributed by atoms with E-state index in [1.807, 2.05) is 56.4 Å². The van der Waals surface area contributed by atoms with E-state index in [0.717, 1.165) is 22.2 Å². The fourth-order valence-corrected chi connectivity index (χ4v) is 4.82. The van der Waals surface area contributed by atoms with Gasteiger partial charge in [-0.1, -0.05) is 29.5 Å². The number of hydrogen-bond acceptors (Lipinski definition) is 9. The van der Waals surface area contributed by atoms with Gasteiger partial charge in [0.05, 0.1) is 17.1 Å². The normalized spacial score (nSPS) is 12.4. The smallest absolute Gasteiger partial charge is 0.282 e. The van der Waals surface area contributed by atoms with Crippen LogP contribution in [0.25, 0.3) is 32.8 Å². The lowest BCUT2D eigenvalue weighted by Crippen LogP contribution is -2.29. The SMILES string of the molecule is Cc1ccn2nc([C@H](C)Nc3ncnc4[nH]cc(-c5nnc(N)s5)c34)n(-c3ccccc3)c(=O)c12. The molecule has 11 nitrogen and oxygen atoms in total. The Bertz CT molecular complexity index is 1750. The van der Waals surface area contributed by atoms with Crippen molar-refractivity contribution < 1.29 is 0 Å². The quantitative estimate of drug-likeness (QED) is 0.338. The van der Waals surface area contributed by atoms with Gasteiger partial charge in [-0.15, -0.1) is 10.2 Å². The maximum Gasteiger partial charge on any atom is 0.282 e. The van der Waals surface area contributed by atoms with Crippen molar-refractivity contribution in [1.29, 1.82) is 0 Å². The van der Waals surface area contributed by atoms with Crippen LogP contribution in [0.1, 0.15) is 24.4 Å². The third-order valence-electron chi connectivity index (χ3n) is 5.81. The molecule has 174 valence electrons. The number of rotatable bonds is 5. The summed E-state index contributed by atoms with van der Waals surface area (Å²) in [5.41, 5.74) is 9.22. The van der Waals surface area contributed by atoms with Crippen molar-refractivity contribution >= 4 is 38.8 Å².